The number of aromatic nitrogens is 2. The van der Waals surface area contributed by atoms with Crippen LogP contribution in [0.2, 0.25) is 0 Å². The van der Waals surface area contributed by atoms with E-state index in [0.29, 0.717) is 12.2 Å². The Balaban J connectivity index is 1.97. The Hall–Kier alpha value is -2.05. The van der Waals surface area contributed by atoms with Crippen molar-refractivity contribution in [1.29, 1.82) is 0 Å². The Labute approximate surface area is 117 Å². The fourth-order valence-electron chi connectivity index (χ4n) is 2.34. The van der Waals surface area contributed by atoms with Gasteiger partial charge in [-0.25, -0.2) is 4.79 Å². The van der Waals surface area contributed by atoms with Gasteiger partial charge in [0.1, 0.15) is 0 Å². The zero-order chi connectivity index (χ0) is 14.9. The summed E-state index contributed by atoms with van der Waals surface area (Å²) in [5, 5.41) is 16.0. The van der Waals surface area contributed by atoms with Crippen LogP contribution in [0.25, 0.3) is 0 Å². The van der Waals surface area contributed by atoms with Crippen LogP contribution in [-0.4, -0.2) is 44.9 Å². The van der Waals surface area contributed by atoms with Crippen molar-refractivity contribution < 1.29 is 14.7 Å². The van der Waals surface area contributed by atoms with E-state index in [0.717, 1.165) is 0 Å². The molecule has 1 saturated heterocycles. The molecule has 2 amide bonds. The van der Waals surface area contributed by atoms with Crippen LogP contribution in [-0.2, 0) is 4.79 Å². The molecule has 0 saturated carbocycles. The quantitative estimate of drug-likeness (QED) is 0.881. The number of hydrogen-bond acceptors (Lipinski definition) is 3. The number of carboxylic acids is 1. The third kappa shape index (κ3) is 2.92. The highest BCUT2D eigenvalue weighted by molar-refractivity contribution is 5.89. The molecule has 20 heavy (non-hydrogen) atoms. The van der Waals surface area contributed by atoms with Crippen LogP contribution in [0.5, 0.6) is 0 Å². The fraction of sp³-hybridized carbons (Fsp3) is 0.615. The van der Waals surface area contributed by atoms with Crippen molar-refractivity contribution >= 4 is 17.7 Å². The second-order valence-electron chi connectivity index (χ2n) is 5.56. The number of carboxylic acid groups (broad SMARTS) is 1. The molecule has 7 heteroatoms. The van der Waals surface area contributed by atoms with Crippen molar-refractivity contribution in [2.45, 2.75) is 26.8 Å². The number of carbonyl (C=O) groups is 2. The van der Waals surface area contributed by atoms with Crippen LogP contribution >= 0.6 is 0 Å². The zero-order valence-electron chi connectivity index (χ0n) is 11.9. The van der Waals surface area contributed by atoms with Gasteiger partial charge >= 0.3 is 12.0 Å². The second-order valence-corrected chi connectivity index (χ2v) is 5.56. The molecule has 110 valence electrons. The summed E-state index contributed by atoms with van der Waals surface area (Å²) in [5.41, 5.74) is 0.620. The number of likely N-dealkylation sites (tertiary alicyclic amines) is 1. The van der Waals surface area contributed by atoms with Gasteiger partial charge in [0.25, 0.3) is 0 Å². The maximum atomic E-state index is 12.1. The molecular weight excluding hydrogens is 260 g/mol. The highest BCUT2D eigenvalue weighted by Crippen LogP contribution is 2.23. The van der Waals surface area contributed by atoms with E-state index in [1.807, 2.05) is 20.8 Å². The lowest BCUT2D eigenvalue weighted by Gasteiger charge is -2.15. The molecule has 2 heterocycles. The minimum atomic E-state index is -0.847. The van der Waals surface area contributed by atoms with E-state index in [2.05, 4.69) is 10.4 Å². The number of carbonyl (C=O) groups excluding carboxylic acids is 1. The summed E-state index contributed by atoms with van der Waals surface area (Å²) in [6.07, 6.45) is 3.35. The molecular formula is C13H20N4O3. The summed E-state index contributed by atoms with van der Waals surface area (Å²) in [4.78, 5) is 24.7. The number of aliphatic carboxylic acids is 1. The van der Waals surface area contributed by atoms with Crippen LogP contribution in [0.4, 0.5) is 10.5 Å². The van der Waals surface area contributed by atoms with Gasteiger partial charge in [0.15, 0.2) is 0 Å². The monoisotopic (exact) mass is 280 g/mol. The van der Waals surface area contributed by atoms with E-state index in [-0.39, 0.29) is 24.5 Å². The van der Waals surface area contributed by atoms with Gasteiger partial charge in [-0.3, -0.25) is 9.48 Å². The van der Waals surface area contributed by atoms with Crippen LogP contribution in [0.3, 0.4) is 0 Å². The van der Waals surface area contributed by atoms with Gasteiger partial charge < -0.3 is 15.3 Å². The summed E-state index contributed by atoms with van der Waals surface area (Å²) in [5.74, 6) is -1.36. The summed E-state index contributed by atoms with van der Waals surface area (Å²) < 4.78 is 1.75. The van der Waals surface area contributed by atoms with Crippen LogP contribution < -0.4 is 5.32 Å². The van der Waals surface area contributed by atoms with Gasteiger partial charge in [-0.15, -0.1) is 0 Å². The average molecular weight is 280 g/mol. The number of nitrogens with one attached hydrogen (secondary N) is 1. The fourth-order valence-corrected chi connectivity index (χ4v) is 2.34. The minimum absolute atomic E-state index is 0.0309. The Morgan fingerprint density at radius 1 is 1.45 bits per heavy atom. The Morgan fingerprint density at radius 2 is 2.15 bits per heavy atom. The van der Waals surface area contributed by atoms with Gasteiger partial charge in [0, 0.05) is 25.3 Å². The largest absolute Gasteiger partial charge is 0.481 e. The minimum Gasteiger partial charge on any atom is -0.481 e. The van der Waals surface area contributed by atoms with Gasteiger partial charge in [-0.05, 0) is 19.8 Å². The molecule has 1 aliphatic heterocycles. The first-order chi connectivity index (χ1) is 9.38. The zero-order valence-corrected chi connectivity index (χ0v) is 11.9. The first-order valence-electron chi connectivity index (χ1n) is 6.71. The average Bonchev–Trinajstić information content (AvgIpc) is 2.95. The van der Waals surface area contributed by atoms with E-state index in [9.17, 15) is 9.59 Å². The van der Waals surface area contributed by atoms with Crippen LogP contribution in [0.15, 0.2) is 12.4 Å². The molecule has 2 rings (SSSR count). The van der Waals surface area contributed by atoms with E-state index >= 15 is 0 Å². The van der Waals surface area contributed by atoms with Gasteiger partial charge in [0.2, 0.25) is 0 Å². The smallest absolute Gasteiger partial charge is 0.321 e. The molecule has 1 aromatic rings. The van der Waals surface area contributed by atoms with Crippen molar-refractivity contribution in [3.05, 3.63) is 12.4 Å². The number of hydrogen-bond donors (Lipinski definition) is 2. The van der Waals surface area contributed by atoms with Gasteiger partial charge in [0.05, 0.1) is 17.8 Å². The molecule has 0 unspecified atom stereocenters. The summed E-state index contributed by atoms with van der Waals surface area (Å²) in [6, 6.07) is -0.0484. The number of anilines is 1. The molecule has 0 bridgehead atoms. The third-order valence-corrected chi connectivity index (χ3v) is 3.60. The molecule has 0 radical (unpaired) electrons. The van der Waals surface area contributed by atoms with E-state index < -0.39 is 11.9 Å². The van der Waals surface area contributed by atoms with Crippen molar-refractivity contribution in [2.75, 3.05) is 18.4 Å². The highest BCUT2D eigenvalue weighted by Gasteiger charge is 2.37. The number of rotatable bonds is 3. The molecule has 1 aliphatic rings. The maximum Gasteiger partial charge on any atom is 0.321 e. The Kier molecular flexibility index (Phi) is 3.96. The molecule has 0 aliphatic carbocycles. The van der Waals surface area contributed by atoms with E-state index in [1.165, 1.54) is 4.90 Å². The molecule has 1 aromatic heterocycles. The Bertz CT molecular complexity index is 511. The lowest BCUT2D eigenvalue weighted by molar-refractivity contribution is -0.142. The van der Waals surface area contributed by atoms with E-state index in [4.69, 9.17) is 5.11 Å². The topological polar surface area (TPSA) is 87.5 Å². The molecule has 2 N–H and O–H groups in total. The number of urea groups is 1. The first kappa shape index (κ1) is 14.4. The van der Waals surface area contributed by atoms with Crippen molar-refractivity contribution in [2.24, 2.45) is 11.8 Å². The summed E-state index contributed by atoms with van der Waals surface area (Å²) in [6.45, 7) is 6.56. The van der Waals surface area contributed by atoms with E-state index in [1.54, 1.807) is 17.1 Å². The number of nitrogens with zero attached hydrogens (tertiary/aromatic N) is 3. The Morgan fingerprint density at radius 3 is 2.65 bits per heavy atom. The predicted molar refractivity (Wildman–Crippen MR) is 73.5 cm³/mol. The standard InChI is InChI=1S/C13H20N4O3/c1-8(2)17-6-10(4-14-17)15-13(20)16-5-9(3)11(7-16)12(18)19/h4,6,8-9,11H,5,7H2,1-3H3,(H,15,20)(H,18,19)/t9-,11-/m1/s1. The van der Waals surface area contributed by atoms with Crippen molar-refractivity contribution in [1.82, 2.24) is 14.7 Å². The molecule has 7 nitrogen and oxygen atoms in total. The number of amides is 2. The van der Waals surface area contributed by atoms with Crippen LogP contribution in [0, 0.1) is 11.8 Å². The lowest BCUT2D eigenvalue weighted by Crippen LogP contribution is -2.33. The highest BCUT2D eigenvalue weighted by atomic mass is 16.4. The normalized spacial score (nSPS) is 22.3. The van der Waals surface area contributed by atoms with Crippen molar-refractivity contribution in [3.63, 3.8) is 0 Å². The predicted octanol–water partition coefficient (Wildman–Crippen LogP) is 1.65. The molecule has 2 atom stereocenters. The molecule has 0 spiro atoms. The SMILES string of the molecule is CC(C)n1cc(NC(=O)N2C[C@@H](C)[C@H](C(=O)O)C2)cn1. The summed E-state index contributed by atoms with van der Waals surface area (Å²) >= 11 is 0. The first-order valence-corrected chi connectivity index (χ1v) is 6.71. The lowest BCUT2D eigenvalue weighted by atomic mass is 9.99. The second kappa shape index (κ2) is 5.52. The maximum absolute atomic E-state index is 12.1. The third-order valence-electron chi connectivity index (χ3n) is 3.60. The molecule has 1 fully saturated rings. The summed E-state index contributed by atoms with van der Waals surface area (Å²) in [7, 11) is 0. The van der Waals surface area contributed by atoms with Crippen molar-refractivity contribution in [3.8, 4) is 0 Å². The van der Waals surface area contributed by atoms with Gasteiger partial charge in [-0.1, -0.05) is 6.92 Å². The van der Waals surface area contributed by atoms with Gasteiger partial charge in [-0.2, -0.15) is 5.10 Å². The van der Waals surface area contributed by atoms with Crippen LogP contribution in [0.1, 0.15) is 26.8 Å². The molecule has 0 aromatic carbocycles.